The van der Waals surface area contributed by atoms with Crippen molar-refractivity contribution in [3.8, 4) is 11.4 Å². The van der Waals surface area contributed by atoms with Crippen LogP contribution in [0.25, 0.3) is 11.4 Å². The van der Waals surface area contributed by atoms with Crippen LogP contribution in [0.4, 0.5) is 0 Å². The van der Waals surface area contributed by atoms with Gasteiger partial charge in [0.1, 0.15) is 11.5 Å². The number of hydrogen-bond donors (Lipinski definition) is 1. The fraction of sp³-hybridized carbons (Fsp3) is 0.100. The zero-order valence-electron chi connectivity index (χ0n) is 7.69. The number of aromatic nitrogens is 3. The Hall–Kier alpha value is -1.97. The van der Waals surface area contributed by atoms with E-state index in [0.717, 1.165) is 5.56 Å². The highest BCUT2D eigenvalue weighted by molar-refractivity contribution is 5.92. The maximum Gasteiger partial charge on any atom is 0.177 e. The van der Waals surface area contributed by atoms with Crippen molar-refractivity contribution in [3.63, 3.8) is 0 Å². The van der Waals surface area contributed by atoms with E-state index in [1.807, 2.05) is 12.1 Å². The number of ketones is 1. The molecule has 0 amide bonds. The third-order valence-electron chi connectivity index (χ3n) is 1.89. The number of aromatic amines is 1. The molecule has 4 heteroatoms. The molecule has 2 aromatic rings. The van der Waals surface area contributed by atoms with Crippen molar-refractivity contribution in [1.82, 2.24) is 15.0 Å². The summed E-state index contributed by atoms with van der Waals surface area (Å²) in [5, 5.41) is 0. The van der Waals surface area contributed by atoms with E-state index in [2.05, 4.69) is 15.0 Å². The lowest BCUT2D eigenvalue weighted by molar-refractivity contribution is 0.101. The van der Waals surface area contributed by atoms with Crippen LogP contribution < -0.4 is 0 Å². The second-order valence-electron chi connectivity index (χ2n) is 2.94. The first-order chi connectivity index (χ1) is 6.77. The van der Waals surface area contributed by atoms with Gasteiger partial charge < -0.3 is 4.98 Å². The van der Waals surface area contributed by atoms with Gasteiger partial charge in [0, 0.05) is 24.9 Å². The van der Waals surface area contributed by atoms with Gasteiger partial charge in [0.25, 0.3) is 0 Å². The maximum absolute atomic E-state index is 11.0. The second kappa shape index (κ2) is 3.41. The zero-order valence-corrected chi connectivity index (χ0v) is 7.69. The molecule has 2 aromatic heterocycles. The van der Waals surface area contributed by atoms with Gasteiger partial charge in [-0.15, -0.1) is 0 Å². The van der Waals surface area contributed by atoms with Crippen LogP contribution in [0.3, 0.4) is 0 Å². The number of carbonyl (C=O) groups excluding carboxylic acids is 1. The highest BCUT2D eigenvalue weighted by atomic mass is 16.1. The van der Waals surface area contributed by atoms with Crippen molar-refractivity contribution in [2.45, 2.75) is 6.92 Å². The van der Waals surface area contributed by atoms with E-state index < -0.39 is 0 Å². The van der Waals surface area contributed by atoms with Crippen molar-refractivity contribution < 1.29 is 4.79 Å². The Morgan fingerprint density at radius 1 is 1.43 bits per heavy atom. The summed E-state index contributed by atoms with van der Waals surface area (Å²) in [6, 6.07) is 3.71. The first-order valence-corrected chi connectivity index (χ1v) is 4.24. The topological polar surface area (TPSA) is 58.6 Å². The number of Topliss-reactive ketones (excluding diaryl/α,β-unsaturated/α-hetero) is 1. The molecule has 2 rings (SSSR count). The van der Waals surface area contributed by atoms with Crippen LogP contribution in [0.2, 0.25) is 0 Å². The Morgan fingerprint density at radius 3 is 2.86 bits per heavy atom. The fourth-order valence-corrected chi connectivity index (χ4v) is 1.15. The van der Waals surface area contributed by atoms with Gasteiger partial charge in [-0.05, 0) is 12.1 Å². The summed E-state index contributed by atoms with van der Waals surface area (Å²) in [4.78, 5) is 22.0. The molecule has 0 bridgehead atoms. The van der Waals surface area contributed by atoms with Crippen molar-refractivity contribution >= 4 is 5.78 Å². The molecule has 1 N–H and O–H groups in total. The number of nitrogens with one attached hydrogen (secondary N) is 1. The summed E-state index contributed by atoms with van der Waals surface area (Å²) >= 11 is 0. The number of hydrogen-bond acceptors (Lipinski definition) is 3. The summed E-state index contributed by atoms with van der Waals surface area (Å²) in [6.07, 6.45) is 4.92. The maximum atomic E-state index is 11.0. The Labute approximate surface area is 81.0 Å². The molecule has 4 nitrogen and oxygen atoms in total. The third kappa shape index (κ3) is 1.54. The molecule has 70 valence electrons. The monoisotopic (exact) mass is 187 g/mol. The van der Waals surface area contributed by atoms with Gasteiger partial charge in [-0.1, -0.05) is 0 Å². The highest BCUT2D eigenvalue weighted by Gasteiger charge is 2.05. The van der Waals surface area contributed by atoms with E-state index in [1.54, 1.807) is 12.4 Å². The number of nitrogens with zero attached hydrogens (tertiary/aromatic N) is 2. The van der Waals surface area contributed by atoms with Crippen LogP contribution in [-0.2, 0) is 0 Å². The number of rotatable bonds is 2. The van der Waals surface area contributed by atoms with Gasteiger partial charge in [-0.2, -0.15) is 0 Å². The molecule has 0 radical (unpaired) electrons. The zero-order chi connectivity index (χ0) is 9.97. The minimum atomic E-state index is -0.0207. The molecule has 0 aliphatic carbocycles. The molecule has 0 unspecified atom stereocenters. The molecule has 0 saturated heterocycles. The first-order valence-electron chi connectivity index (χ1n) is 4.24. The SMILES string of the molecule is CC(=O)c1cnc(-c2cccnc2)[nH]1. The molecule has 0 atom stereocenters. The standard InChI is InChI=1S/C10H9N3O/c1-7(14)9-6-12-10(13-9)8-3-2-4-11-5-8/h2-6H,1H3,(H,12,13). The molecule has 2 heterocycles. The molecule has 0 aliphatic rings. The van der Waals surface area contributed by atoms with Crippen LogP contribution in [0.15, 0.2) is 30.7 Å². The van der Waals surface area contributed by atoms with Gasteiger partial charge in [0.05, 0.1) is 6.20 Å². The average Bonchev–Trinajstić information content (AvgIpc) is 2.68. The molecule has 14 heavy (non-hydrogen) atoms. The first kappa shape index (κ1) is 8.62. The van der Waals surface area contributed by atoms with Crippen molar-refractivity contribution in [2.75, 3.05) is 0 Å². The summed E-state index contributed by atoms with van der Waals surface area (Å²) in [5.41, 5.74) is 1.39. The van der Waals surface area contributed by atoms with Crippen LogP contribution in [0, 0.1) is 0 Å². The lowest BCUT2D eigenvalue weighted by Gasteiger charge is -1.93. The molecule has 0 aliphatic heterocycles. The third-order valence-corrected chi connectivity index (χ3v) is 1.89. The van der Waals surface area contributed by atoms with Crippen LogP contribution in [0.1, 0.15) is 17.4 Å². The fourth-order valence-electron chi connectivity index (χ4n) is 1.15. The van der Waals surface area contributed by atoms with E-state index in [0.29, 0.717) is 11.5 Å². The van der Waals surface area contributed by atoms with E-state index >= 15 is 0 Å². The van der Waals surface area contributed by atoms with Gasteiger partial charge in [0.2, 0.25) is 0 Å². The van der Waals surface area contributed by atoms with Crippen molar-refractivity contribution in [1.29, 1.82) is 0 Å². The lowest BCUT2D eigenvalue weighted by Crippen LogP contribution is -1.91. The molecule has 0 saturated carbocycles. The van der Waals surface area contributed by atoms with Gasteiger partial charge >= 0.3 is 0 Å². The van der Waals surface area contributed by atoms with Gasteiger partial charge in [-0.3, -0.25) is 9.78 Å². The minimum Gasteiger partial charge on any atom is -0.336 e. The summed E-state index contributed by atoms with van der Waals surface area (Å²) < 4.78 is 0. The van der Waals surface area contributed by atoms with Crippen molar-refractivity contribution in [3.05, 3.63) is 36.4 Å². The number of imidazole rings is 1. The smallest absolute Gasteiger partial charge is 0.177 e. The van der Waals surface area contributed by atoms with E-state index in [4.69, 9.17) is 0 Å². The second-order valence-corrected chi connectivity index (χ2v) is 2.94. The van der Waals surface area contributed by atoms with E-state index in [9.17, 15) is 4.79 Å². The Morgan fingerprint density at radius 2 is 2.29 bits per heavy atom. The predicted octanol–water partition coefficient (Wildman–Crippen LogP) is 1.67. The molecule has 0 spiro atoms. The van der Waals surface area contributed by atoms with Crippen LogP contribution in [0.5, 0.6) is 0 Å². The minimum absolute atomic E-state index is 0.0207. The molecule has 0 fully saturated rings. The van der Waals surface area contributed by atoms with Crippen molar-refractivity contribution in [2.24, 2.45) is 0 Å². The quantitative estimate of drug-likeness (QED) is 0.727. The van der Waals surface area contributed by atoms with Crippen LogP contribution in [-0.4, -0.2) is 20.7 Å². The Balaban J connectivity index is 2.39. The number of pyridine rings is 1. The Kier molecular flexibility index (Phi) is 2.10. The lowest BCUT2D eigenvalue weighted by atomic mass is 10.3. The Bertz CT molecular complexity index is 447. The average molecular weight is 187 g/mol. The van der Waals surface area contributed by atoms with Crippen LogP contribution >= 0.6 is 0 Å². The normalized spacial score (nSPS) is 10.1. The largest absolute Gasteiger partial charge is 0.336 e. The van der Waals surface area contributed by atoms with E-state index in [1.165, 1.54) is 13.1 Å². The summed E-state index contributed by atoms with van der Waals surface area (Å²) in [5.74, 6) is 0.649. The number of H-pyrrole nitrogens is 1. The van der Waals surface area contributed by atoms with E-state index in [-0.39, 0.29) is 5.78 Å². The summed E-state index contributed by atoms with van der Waals surface area (Å²) in [7, 11) is 0. The number of carbonyl (C=O) groups is 1. The molecular weight excluding hydrogens is 178 g/mol. The molecular formula is C10H9N3O. The summed E-state index contributed by atoms with van der Waals surface area (Å²) in [6.45, 7) is 1.50. The highest BCUT2D eigenvalue weighted by Crippen LogP contribution is 2.13. The van der Waals surface area contributed by atoms with Gasteiger partial charge in [0.15, 0.2) is 5.78 Å². The predicted molar refractivity (Wildman–Crippen MR) is 51.8 cm³/mol. The van der Waals surface area contributed by atoms with Gasteiger partial charge in [-0.25, -0.2) is 4.98 Å². The molecule has 0 aromatic carbocycles.